The molecule has 0 fully saturated rings. The van der Waals surface area contributed by atoms with Crippen molar-refractivity contribution in [3.8, 4) is 0 Å². The maximum absolute atomic E-state index is 11.7. The molecule has 5 heteroatoms. The third-order valence-corrected chi connectivity index (χ3v) is 2.38. The molecule has 80 valence electrons. The Labute approximate surface area is 95.6 Å². The van der Waals surface area contributed by atoms with Crippen LogP contribution in [-0.2, 0) is 4.79 Å². The molecule has 0 saturated heterocycles. The molecular formula is C10H10BrNO3. The normalized spacial score (nSPS) is 9.67. The van der Waals surface area contributed by atoms with Gasteiger partial charge in [0.2, 0.25) is 0 Å². The molecular weight excluding hydrogens is 262 g/mol. The Bertz CT molecular complexity index is 353. The molecule has 0 saturated carbocycles. The Morgan fingerprint density at radius 1 is 1.27 bits per heavy atom. The highest BCUT2D eigenvalue weighted by Gasteiger charge is 2.16. The topological polar surface area (TPSA) is 57.6 Å². The minimum Gasteiger partial charge on any atom is -0.480 e. The summed E-state index contributed by atoms with van der Waals surface area (Å²) >= 11 is 3.08. The predicted molar refractivity (Wildman–Crippen MR) is 58.9 cm³/mol. The van der Waals surface area contributed by atoms with Gasteiger partial charge >= 0.3 is 5.97 Å². The number of alkyl halides is 1. The van der Waals surface area contributed by atoms with E-state index < -0.39 is 5.97 Å². The van der Waals surface area contributed by atoms with E-state index >= 15 is 0 Å². The Hall–Kier alpha value is -1.36. The van der Waals surface area contributed by atoms with E-state index in [2.05, 4.69) is 15.9 Å². The summed E-state index contributed by atoms with van der Waals surface area (Å²) < 4.78 is 0. The number of hydrogen-bond donors (Lipinski definition) is 1. The van der Waals surface area contributed by atoms with Crippen molar-refractivity contribution in [1.82, 2.24) is 4.90 Å². The maximum Gasteiger partial charge on any atom is 0.323 e. The second kappa shape index (κ2) is 5.50. The van der Waals surface area contributed by atoms with Gasteiger partial charge in [-0.3, -0.25) is 9.59 Å². The van der Waals surface area contributed by atoms with Gasteiger partial charge in [0, 0.05) is 5.56 Å². The van der Waals surface area contributed by atoms with Crippen LogP contribution in [0.2, 0.25) is 0 Å². The first-order chi connectivity index (χ1) is 7.15. The largest absolute Gasteiger partial charge is 0.480 e. The summed E-state index contributed by atoms with van der Waals surface area (Å²) in [5.41, 5.74) is 0.686. The third kappa shape index (κ3) is 3.36. The lowest BCUT2D eigenvalue weighted by atomic mass is 10.2. The van der Waals surface area contributed by atoms with Crippen LogP contribution in [-0.4, -0.2) is 33.9 Å². The van der Waals surface area contributed by atoms with Crippen LogP contribution in [0.3, 0.4) is 0 Å². The zero-order valence-corrected chi connectivity index (χ0v) is 9.48. The monoisotopic (exact) mass is 271 g/mol. The van der Waals surface area contributed by atoms with E-state index in [1.54, 1.807) is 30.3 Å². The molecule has 1 N–H and O–H groups in total. The Morgan fingerprint density at radius 2 is 1.87 bits per heavy atom. The van der Waals surface area contributed by atoms with Crippen LogP contribution in [0.1, 0.15) is 10.4 Å². The maximum atomic E-state index is 11.7. The Balaban J connectivity index is 2.78. The molecule has 0 atom stereocenters. The fourth-order valence-corrected chi connectivity index (χ4v) is 1.50. The molecule has 0 spiro atoms. The summed E-state index contributed by atoms with van der Waals surface area (Å²) in [6.07, 6.45) is 0. The highest BCUT2D eigenvalue weighted by atomic mass is 79.9. The number of benzene rings is 1. The number of aliphatic carboxylic acids is 1. The Kier molecular flexibility index (Phi) is 4.30. The average molecular weight is 272 g/mol. The zero-order chi connectivity index (χ0) is 11.3. The first kappa shape index (κ1) is 11.7. The van der Waals surface area contributed by atoms with Crippen LogP contribution in [0.15, 0.2) is 30.3 Å². The summed E-state index contributed by atoms with van der Waals surface area (Å²) in [4.78, 5) is 23.4. The number of amides is 1. The molecule has 1 aromatic carbocycles. The van der Waals surface area contributed by atoms with Crippen molar-refractivity contribution in [3.63, 3.8) is 0 Å². The lowest BCUT2D eigenvalue weighted by Crippen LogP contribution is -2.34. The van der Waals surface area contributed by atoms with Gasteiger partial charge in [0.1, 0.15) is 6.54 Å². The highest BCUT2D eigenvalue weighted by molar-refractivity contribution is 9.09. The van der Waals surface area contributed by atoms with E-state index in [0.717, 1.165) is 0 Å². The van der Waals surface area contributed by atoms with Crippen LogP contribution in [0.5, 0.6) is 0 Å². The van der Waals surface area contributed by atoms with Crippen molar-refractivity contribution >= 4 is 27.8 Å². The van der Waals surface area contributed by atoms with E-state index in [4.69, 9.17) is 5.11 Å². The number of carboxylic acid groups (broad SMARTS) is 1. The van der Waals surface area contributed by atoms with Gasteiger partial charge in [0.15, 0.2) is 0 Å². The smallest absolute Gasteiger partial charge is 0.323 e. The van der Waals surface area contributed by atoms with E-state index in [1.807, 2.05) is 0 Å². The number of carbonyl (C=O) groups excluding carboxylic acids is 1. The number of carboxylic acids is 1. The van der Waals surface area contributed by atoms with Gasteiger partial charge in [0.25, 0.3) is 5.91 Å². The average Bonchev–Trinajstić information content (AvgIpc) is 2.26. The second-order valence-corrected chi connectivity index (χ2v) is 3.38. The van der Waals surface area contributed by atoms with Crippen LogP contribution >= 0.6 is 15.9 Å². The second-order valence-electron chi connectivity index (χ2n) is 2.88. The van der Waals surface area contributed by atoms with Gasteiger partial charge in [-0.2, -0.15) is 0 Å². The van der Waals surface area contributed by atoms with Crippen molar-refractivity contribution in [2.24, 2.45) is 0 Å². The fraction of sp³-hybridized carbons (Fsp3) is 0.200. The van der Waals surface area contributed by atoms with Gasteiger partial charge in [0.05, 0.1) is 5.45 Å². The van der Waals surface area contributed by atoms with Crippen molar-refractivity contribution < 1.29 is 14.7 Å². The summed E-state index contributed by atoms with van der Waals surface area (Å²) in [6.45, 7) is -0.307. The standard InChI is InChI=1S/C10H10BrNO3/c11-7-12(6-9(13)14)10(15)8-4-2-1-3-5-8/h1-5H,6-7H2,(H,13,14). The van der Waals surface area contributed by atoms with E-state index in [0.29, 0.717) is 5.56 Å². The van der Waals surface area contributed by atoms with Gasteiger partial charge in [-0.25, -0.2) is 0 Å². The van der Waals surface area contributed by atoms with Crippen molar-refractivity contribution in [3.05, 3.63) is 35.9 Å². The molecule has 0 unspecified atom stereocenters. The van der Waals surface area contributed by atoms with E-state index in [-0.39, 0.29) is 17.9 Å². The first-order valence-corrected chi connectivity index (χ1v) is 5.39. The van der Waals surface area contributed by atoms with Crippen molar-refractivity contribution in [2.45, 2.75) is 0 Å². The van der Waals surface area contributed by atoms with Crippen molar-refractivity contribution in [1.29, 1.82) is 0 Å². The van der Waals surface area contributed by atoms with Crippen LogP contribution in [0.25, 0.3) is 0 Å². The molecule has 1 rings (SSSR count). The molecule has 0 radical (unpaired) electrons. The molecule has 0 aliphatic rings. The molecule has 1 amide bonds. The lowest BCUT2D eigenvalue weighted by molar-refractivity contribution is -0.137. The molecule has 0 heterocycles. The van der Waals surface area contributed by atoms with Gasteiger partial charge < -0.3 is 10.0 Å². The van der Waals surface area contributed by atoms with Gasteiger partial charge in [-0.15, -0.1) is 0 Å². The summed E-state index contributed by atoms with van der Waals surface area (Å²) in [5.74, 6) is -1.33. The molecule has 4 nitrogen and oxygen atoms in total. The van der Waals surface area contributed by atoms with E-state index in [1.165, 1.54) is 4.90 Å². The number of nitrogens with zero attached hydrogens (tertiary/aromatic N) is 1. The van der Waals surface area contributed by atoms with Crippen LogP contribution in [0.4, 0.5) is 0 Å². The molecule has 0 bridgehead atoms. The lowest BCUT2D eigenvalue weighted by Gasteiger charge is -2.17. The summed E-state index contributed by atoms with van der Waals surface area (Å²) in [6, 6.07) is 8.58. The predicted octanol–water partition coefficient (Wildman–Crippen LogP) is 1.57. The quantitative estimate of drug-likeness (QED) is 0.668. The third-order valence-electron chi connectivity index (χ3n) is 1.78. The Morgan fingerprint density at radius 3 is 2.33 bits per heavy atom. The van der Waals surface area contributed by atoms with Gasteiger partial charge in [-0.1, -0.05) is 34.1 Å². The van der Waals surface area contributed by atoms with Gasteiger partial charge in [-0.05, 0) is 12.1 Å². The summed E-state index contributed by atoms with van der Waals surface area (Å²) in [7, 11) is 0. The molecule has 0 aliphatic carbocycles. The minimum atomic E-state index is -1.03. The molecule has 0 aliphatic heterocycles. The fourth-order valence-electron chi connectivity index (χ4n) is 1.09. The number of halogens is 1. The number of hydrogen-bond acceptors (Lipinski definition) is 2. The molecule has 15 heavy (non-hydrogen) atoms. The molecule has 1 aromatic rings. The van der Waals surface area contributed by atoms with Crippen molar-refractivity contribution in [2.75, 3.05) is 12.0 Å². The number of rotatable bonds is 4. The zero-order valence-electron chi connectivity index (χ0n) is 7.89. The highest BCUT2D eigenvalue weighted by Crippen LogP contribution is 2.05. The van der Waals surface area contributed by atoms with E-state index in [9.17, 15) is 9.59 Å². The number of carbonyl (C=O) groups is 2. The SMILES string of the molecule is O=C(O)CN(CBr)C(=O)c1ccccc1. The van der Waals surface area contributed by atoms with Crippen LogP contribution in [0, 0.1) is 0 Å². The summed E-state index contributed by atoms with van der Waals surface area (Å²) in [5, 5.41) is 8.60. The molecule has 0 aromatic heterocycles. The van der Waals surface area contributed by atoms with Crippen LogP contribution < -0.4 is 0 Å². The minimum absolute atomic E-state index is 0.201. The first-order valence-electron chi connectivity index (χ1n) is 4.27.